The van der Waals surface area contributed by atoms with Gasteiger partial charge in [0.25, 0.3) is 5.69 Å². The minimum Gasteiger partial charge on any atom is -0.381 e. The summed E-state index contributed by atoms with van der Waals surface area (Å²) in [4.78, 5) is 9.93. The van der Waals surface area contributed by atoms with Gasteiger partial charge in [0.2, 0.25) is 0 Å². The Kier molecular flexibility index (Phi) is 4.14. The van der Waals surface area contributed by atoms with Crippen LogP contribution in [-0.4, -0.2) is 4.92 Å². The fraction of sp³-hybridized carbons (Fsp3) is 0.0769. The van der Waals surface area contributed by atoms with Crippen LogP contribution in [-0.2, 0) is 6.54 Å². The second kappa shape index (κ2) is 5.83. The second-order valence-electron chi connectivity index (χ2n) is 4.09. The molecule has 0 saturated heterocycles. The molecule has 0 bridgehead atoms. The highest BCUT2D eigenvalue weighted by Crippen LogP contribution is 2.21. The lowest BCUT2D eigenvalue weighted by atomic mass is 10.2. The Morgan fingerprint density at radius 3 is 2.45 bits per heavy atom. The van der Waals surface area contributed by atoms with E-state index in [1.807, 2.05) is 0 Å². The van der Waals surface area contributed by atoms with Gasteiger partial charge in [-0.1, -0.05) is 11.6 Å². The predicted octanol–water partition coefficient (Wildman–Crippen LogP) is 4.14. The van der Waals surface area contributed by atoms with E-state index in [1.54, 1.807) is 6.07 Å². The quantitative estimate of drug-likeness (QED) is 0.682. The molecule has 2 aromatic rings. The first-order valence-corrected chi connectivity index (χ1v) is 5.95. The molecule has 0 radical (unpaired) electrons. The molecule has 104 valence electrons. The van der Waals surface area contributed by atoms with E-state index in [0.29, 0.717) is 5.56 Å². The molecule has 0 aliphatic carbocycles. The fourth-order valence-electron chi connectivity index (χ4n) is 1.70. The molecule has 2 rings (SSSR count). The fourth-order valence-corrected chi connectivity index (χ4v) is 1.94. The lowest BCUT2D eigenvalue weighted by molar-refractivity contribution is -0.385. The number of nitro groups is 1. The molecule has 20 heavy (non-hydrogen) atoms. The summed E-state index contributed by atoms with van der Waals surface area (Å²) in [6.45, 7) is 0.165. The number of anilines is 1. The largest absolute Gasteiger partial charge is 0.381 e. The minimum absolute atomic E-state index is 0.165. The average Bonchev–Trinajstić information content (AvgIpc) is 2.34. The van der Waals surface area contributed by atoms with Crippen LogP contribution in [0.4, 0.5) is 20.2 Å². The predicted molar refractivity (Wildman–Crippen MR) is 71.8 cm³/mol. The molecule has 0 heterocycles. The zero-order valence-corrected chi connectivity index (χ0v) is 10.8. The topological polar surface area (TPSA) is 55.2 Å². The number of benzene rings is 2. The number of nitrogens with one attached hydrogen (secondary N) is 1. The lowest BCUT2D eigenvalue weighted by Crippen LogP contribution is -2.01. The van der Waals surface area contributed by atoms with Gasteiger partial charge in [0.1, 0.15) is 11.6 Å². The Bertz CT molecular complexity index is 645. The van der Waals surface area contributed by atoms with Crippen LogP contribution in [0.1, 0.15) is 5.56 Å². The van der Waals surface area contributed by atoms with Crippen LogP contribution >= 0.6 is 11.6 Å². The third-order valence-electron chi connectivity index (χ3n) is 2.51. The first kappa shape index (κ1) is 14.2. The molecule has 0 aromatic heterocycles. The van der Waals surface area contributed by atoms with E-state index in [-0.39, 0.29) is 22.9 Å². The molecule has 0 saturated carbocycles. The normalized spacial score (nSPS) is 10.3. The van der Waals surface area contributed by atoms with Crippen molar-refractivity contribution >= 4 is 23.0 Å². The van der Waals surface area contributed by atoms with Gasteiger partial charge in [-0.3, -0.25) is 10.1 Å². The highest BCUT2D eigenvalue weighted by molar-refractivity contribution is 6.30. The summed E-state index contributed by atoms with van der Waals surface area (Å²) in [5.74, 6) is -1.21. The van der Waals surface area contributed by atoms with Crippen molar-refractivity contribution in [2.45, 2.75) is 6.54 Å². The zero-order chi connectivity index (χ0) is 14.7. The van der Waals surface area contributed by atoms with Gasteiger partial charge in [-0.15, -0.1) is 0 Å². The third-order valence-corrected chi connectivity index (χ3v) is 2.73. The number of nitrogens with zero attached hydrogens (tertiary/aromatic N) is 1. The van der Waals surface area contributed by atoms with Crippen molar-refractivity contribution in [3.8, 4) is 0 Å². The van der Waals surface area contributed by atoms with Crippen LogP contribution in [0, 0.1) is 21.7 Å². The van der Waals surface area contributed by atoms with E-state index >= 15 is 0 Å². The van der Waals surface area contributed by atoms with Gasteiger partial charge in [-0.2, -0.15) is 0 Å². The van der Waals surface area contributed by atoms with Crippen LogP contribution in [0.15, 0.2) is 36.4 Å². The van der Waals surface area contributed by atoms with Crippen LogP contribution in [0.25, 0.3) is 0 Å². The minimum atomic E-state index is -0.723. The number of halogens is 3. The Morgan fingerprint density at radius 2 is 1.80 bits per heavy atom. The zero-order valence-electron chi connectivity index (χ0n) is 10.1. The highest BCUT2D eigenvalue weighted by atomic mass is 35.5. The first-order chi connectivity index (χ1) is 9.44. The molecular weight excluding hydrogens is 290 g/mol. The van der Waals surface area contributed by atoms with Crippen LogP contribution in [0.2, 0.25) is 5.02 Å². The molecular formula is C13H9ClF2N2O2. The number of hydrogen-bond donors (Lipinski definition) is 1. The van der Waals surface area contributed by atoms with Crippen LogP contribution in [0.3, 0.4) is 0 Å². The number of hydrogen-bond acceptors (Lipinski definition) is 3. The molecule has 4 nitrogen and oxygen atoms in total. The molecule has 1 N–H and O–H groups in total. The molecule has 0 atom stereocenters. The summed E-state index contributed by atoms with van der Waals surface area (Å²) < 4.78 is 26.3. The van der Waals surface area contributed by atoms with Crippen molar-refractivity contribution in [3.63, 3.8) is 0 Å². The van der Waals surface area contributed by atoms with Gasteiger partial charge >= 0.3 is 0 Å². The number of rotatable bonds is 4. The molecule has 0 unspecified atom stereocenters. The average molecular weight is 299 g/mol. The molecule has 0 aliphatic heterocycles. The maximum absolute atomic E-state index is 13.2. The van der Waals surface area contributed by atoms with Crippen molar-refractivity contribution in [2.75, 3.05) is 5.32 Å². The third kappa shape index (κ3) is 3.64. The summed E-state index contributed by atoms with van der Waals surface area (Å²) in [5.41, 5.74) is 0.420. The summed E-state index contributed by atoms with van der Waals surface area (Å²) >= 11 is 5.71. The van der Waals surface area contributed by atoms with E-state index in [2.05, 4.69) is 5.32 Å². The van der Waals surface area contributed by atoms with Gasteiger partial charge < -0.3 is 5.32 Å². The van der Waals surface area contributed by atoms with Crippen molar-refractivity contribution in [1.29, 1.82) is 0 Å². The second-order valence-corrected chi connectivity index (χ2v) is 4.52. The molecule has 0 spiro atoms. The number of non-ortho nitro benzene ring substituents is 1. The molecule has 0 fully saturated rings. The van der Waals surface area contributed by atoms with E-state index in [1.165, 1.54) is 12.1 Å². The highest BCUT2D eigenvalue weighted by Gasteiger charge is 2.09. The van der Waals surface area contributed by atoms with Crippen molar-refractivity contribution in [1.82, 2.24) is 0 Å². The summed E-state index contributed by atoms with van der Waals surface area (Å²) in [7, 11) is 0. The summed E-state index contributed by atoms with van der Waals surface area (Å²) in [6.07, 6.45) is 0. The molecule has 0 amide bonds. The van der Waals surface area contributed by atoms with Gasteiger partial charge in [0, 0.05) is 23.3 Å². The van der Waals surface area contributed by atoms with Crippen LogP contribution in [0.5, 0.6) is 0 Å². The van der Waals surface area contributed by atoms with Crippen molar-refractivity contribution < 1.29 is 13.7 Å². The van der Waals surface area contributed by atoms with E-state index in [9.17, 15) is 18.9 Å². The summed E-state index contributed by atoms with van der Waals surface area (Å²) in [5, 5.41) is 13.6. The smallest absolute Gasteiger partial charge is 0.274 e. The van der Waals surface area contributed by atoms with Crippen molar-refractivity contribution in [2.24, 2.45) is 0 Å². The molecule has 0 aliphatic rings. The number of nitro benzene ring substituents is 1. The monoisotopic (exact) mass is 298 g/mol. The van der Waals surface area contributed by atoms with E-state index in [0.717, 1.165) is 18.2 Å². The Balaban J connectivity index is 2.16. The molecule has 7 heteroatoms. The van der Waals surface area contributed by atoms with Gasteiger partial charge in [-0.25, -0.2) is 8.78 Å². The standard InChI is InChI=1S/C13H9ClF2N2O2/c14-9-1-8(2-10(15)3-9)7-17-12-4-11(16)5-13(6-12)18(19)20/h1-6,17H,7H2. The Labute approximate surface area is 118 Å². The lowest BCUT2D eigenvalue weighted by Gasteiger charge is -2.07. The van der Waals surface area contributed by atoms with E-state index in [4.69, 9.17) is 11.6 Å². The van der Waals surface area contributed by atoms with Crippen LogP contribution < -0.4 is 5.32 Å². The first-order valence-electron chi connectivity index (χ1n) is 5.58. The maximum atomic E-state index is 13.2. The Hall–Kier alpha value is -2.21. The molecule has 2 aromatic carbocycles. The van der Waals surface area contributed by atoms with Crippen molar-refractivity contribution in [3.05, 3.63) is 68.7 Å². The van der Waals surface area contributed by atoms with Gasteiger partial charge in [0.05, 0.1) is 11.0 Å². The van der Waals surface area contributed by atoms with Gasteiger partial charge in [0.15, 0.2) is 0 Å². The van der Waals surface area contributed by atoms with Gasteiger partial charge in [-0.05, 0) is 29.8 Å². The summed E-state index contributed by atoms with van der Waals surface area (Å²) in [6, 6.07) is 7.12. The van der Waals surface area contributed by atoms with E-state index < -0.39 is 16.6 Å². The maximum Gasteiger partial charge on any atom is 0.274 e. The SMILES string of the molecule is O=[N+]([O-])c1cc(F)cc(NCc2cc(F)cc(Cl)c2)c1. The Morgan fingerprint density at radius 1 is 1.10 bits per heavy atom.